The van der Waals surface area contributed by atoms with Crippen LogP contribution in [0.2, 0.25) is 0 Å². The van der Waals surface area contributed by atoms with Crippen LogP contribution in [0.1, 0.15) is 31.7 Å². The van der Waals surface area contributed by atoms with Crippen molar-refractivity contribution in [3.05, 3.63) is 35.6 Å². The van der Waals surface area contributed by atoms with E-state index >= 15 is 0 Å². The average molecular weight is 323 g/mol. The van der Waals surface area contributed by atoms with Gasteiger partial charge in [0.1, 0.15) is 5.82 Å². The van der Waals surface area contributed by atoms with Crippen LogP contribution in [0, 0.1) is 11.7 Å². The lowest BCUT2D eigenvalue weighted by molar-refractivity contribution is -0.139. The Morgan fingerprint density at radius 2 is 2.17 bits per heavy atom. The van der Waals surface area contributed by atoms with Gasteiger partial charge in [0.25, 0.3) is 0 Å². The molecule has 0 aliphatic carbocycles. The number of halogens is 1. The van der Waals surface area contributed by atoms with Crippen molar-refractivity contribution >= 4 is 11.9 Å². The lowest BCUT2D eigenvalue weighted by atomic mass is 9.92. The maximum Gasteiger partial charge on any atom is 0.305 e. The van der Waals surface area contributed by atoms with Gasteiger partial charge in [-0.1, -0.05) is 25.1 Å². The highest BCUT2D eigenvalue weighted by Gasteiger charge is 2.39. The molecule has 2 atom stereocenters. The normalized spacial score (nSPS) is 21.8. The topological polar surface area (TPSA) is 75.6 Å². The van der Waals surface area contributed by atoms with Gasteiger partial charge < -0.3 is 15.2 Å². The van der Waals surface area contributed by atoms with Crippen LogP contribution in [0.25, 0.3) is 0 Å². The molecule has 1 fully saturated rings. The number of carboxylic acids is 1. The smallest absolute Gasteiger partial charge is 0.305 e. The molecule has 1 aromatic carbocycles. The molecule has 5 nitrogen and oxygen atoms in total. The van der Waals surface area contributed by atoms with Gasteiger partial charge in [-0.25, -0.2) is 4.39 Å². The number of ether oxygens (including phenoxy) is 1. The van der Waals surface area contributed by atoms with E-state index in [2.05, 4.69) is 5.32 Å². The molecule has 0 spiro atoms. The molecule has 0 radical (unpaired) electrons. The van der Waals surface area contributed by atoms with Gasteiger partial charge in [-0.05, 0) is 30.9 Å². The number of amides is 1. The summed E-state index contributed by atoms with van der Waals surface area (Å²) in [4.78, 5) is 23.4. The zero-order chi connectivity index (χ0) is 16.9. The summed E-state index contributed by atoms with van der Waals surface area (Å²) in [5.41, 5.74) is -0.244. The van der Waals surface area contributed by atoms with Crippen molar-refractivity contribution in [3.63, 3.8) is 0 Å². The number of aryl methyl sites for hydroxylation is 1. The highest BCUT2D eigenvalue weighted by atomic mass is 19.1. The SMILES string of the molecule is CC(CCc1ccccc1F)C(=O)NC1(CC(=O)O)CCOC1. The molecule has 126 valence electrons. The van der Waals surface area contributed by atoms with E-state index < -0.39 is 11.5 Å². The maximum atomic E-state index is 13.6. The van der Waals surface area contributed by atoms with Crippen molar-refractivity contribution in [2.75, 3.05) is 13.2 Å². The Hall–Kier alpha value is -1.95. The zero-order valence-corrected chi connectivity index (χ0v) is 13.2. The molecule has 1 aliphatic heterocycles. The van der Waals surface area contributed by atoms with Crippen LogP contribution in [-0.2, 0) is 20.7 Å². The molecule has 6 heteroatoms. The van der Waals surface area contributed by atoms with Crippen LogP contribution in [0.4, 0.5) is 4.39 Å². The number of nitrogens with one attached hydrogen (secondary N) is 1. The average Bonchev–Trinajstić information content (AvgIpc) is 2.93. The zero-order valence-electron chi connectivity index (χ0n) is 13.2. The van der Waals surface area contributed by atoms with E-state index in [9.17, 15) is 14.0 Å². The van der Waals surface area contributed by atoms with Crippen molar-refractivity contribution < 1.29 is 23.8 Å². The van der Waals surface area contributed by atoms with Crippen molar-refractivity contribution in [3.8, 4) is 0 Å². The summed E-state index contributed by atoms with van der Waals surface area (Å²) in [5, 5.41) is 11.9. The van der Waals surface area contributed by atoms with Gasteiger partial charge in [-0.3, -0.25) is 9.59 Å². The molecular formula is C17H22FNO4. The first-order valence-corrected chi connectivity index (χ1v) is 7.77. The molecule has 2 unspecified atom stereocenters. The van der Waals surface area contributed by atoms with E-state index in [0.717, 1.165) is 0 Å². The Balaban J connectivity index is 1.91. The third-order valence-corrected chi connectivity index (χ3v) is 4.23. The monoisotopic (exact) mass is 323 g/mol. The van der Waals surface area contributed by atoms with E-state index in [1.54, 1.807) is 25.1 Å². The van der Waals surface area contributed by atoms with Crippen molar-refractivity contribution in [2.24, 2.45) is 5.92 Å². The Morgan fingerprint density at radius 1 is 1.43 bits per heavy atom. The number of hydrogen-bond acceptors (Lipinski definition) is 3. The van der Waals surface area contributed by atoms with Gasteiger partial charge in [0, 0.05) is 12.5 Å². The Kier molecular flexibility index (Phi) is 5.71. The van der Waals surface area contributed by atoms with Gasteiger partial charge in [-0.2, -0.15) is 0 Å². The molecule has 1 aliphatic rings. The van der Waals surface area contributed by atoms with Gasteiger partial charge in [0.15, 0.2) is 0 Å². The molecule has 23 heavy (non-hydrogen) atoms. The third kappa shape index (κ3) is 4.76. The van der Waals surface area contributed by atoms with Crippen molar-refractivity contribution in [1.82, 2.24) is 5.32 Å². The fourth-order valence-electron chi connectivity index (χ4n) is 2.77. The first-order chi connectivity index (χ1) is 10.9. The summed E-state index contributed by atoms with van der Waals surface area (Å²) in [7, 11) is 0. The second kappa shape index (κ2) is 7.55. The van der Waals surface area contributed by atoms with Crippen LogP contribution in [0.15, 0.2) is 24.3 Å². The van der Waals surface area contributed by atoms with Crippen molar-refractivity contribution in [1.29, 1.82) is 0 Å². The third-order valence-electron chi connectivity index (χ3n) is 4.23. The second-order valence-corrected chi connectivity index (χ2v) is 6.17. The van der Waals surface area contributed by atoms with Crippen LogP contribution in [0.3, 0.4) is 0 Å². The minimum absolute atomic E-state index is 0.154. The molecule has 1 amide bonds. The summed E-state index contributed by atoms with van der Waals surface area (Å²) in [5.74, 6) is -1.78. The van der Waals surface area contributed by atoms with E-state index in [-0.39, 0.29) is 30.7 Å². The predicted molar refractivity (Wildman–Crippen MR) is 82.4 cm³/mol. The highest BCUT2D eigenvalue weighted by molar-refractivity contribution is 5.80. The summed E-state index contributed by atoms with van der Waals surface area (Å²) in [6.45, 7) is 2.42. The second-order valence-electron chi connectivity index (χ2n) is 6.17. The molecular weight excluding hydrogens is 301 g/mol. The Morgan fingerprint density at radius 3 is 2.78 bits per heavy atom. The molecule has 2 N–H and O–H groups in total. The minimum Gasteiger partial charge on any atom is -0.481 e. The van der Waals surface area contributed by atoms with E-state index in [0.29, 0.717) is 31.4 Å². The molecule has 0 aromatic heterocycles. The van der Waals surface area contributed by atoms with Crippen LogP contribution >= 0.6 is 0 Å². The first-order valence-electron chi connectivity index (χ1n) is 7.77. The number of benzene rings is 1. The summed E-state index contributed by atoms with van der Waals surface area (Å²) >= 11 is 0. The first kappa shape index (κ1) is 17.4. The van der Waals surface area contributed by atoms with Gasteiger partial charge in [0.2, 0.25) is 5.91 Å². The van der Waals surface area contributed by atoms with E-state index in [4.69, 9.17) is 9.84 Å². The van der Waals surface area contributed by atoms with Crippen LogP contribution in [-0.4, -0.2) is 35.7 Å². The fourth-order valence-corrected chi connectivity index (χ4v) is 2.77. The lowest BCUT2D eigenvalue weighted by Crippen LogP contribution is -2.52. The van der Waals surface area contributed by atoms with Gasteiger partial charge in [0.05, 0.1) is 18.6 Å². The van der Waals surface area contributed by atoms with E-state index in [1.165, 1.54) is 6.07 Å². The fraction of sp³-hybridized carbons (Fsp3) is 0.529. The maximum absolute atomic E-state index is 13.6. The highest BCUT2D eigenvalue weighted by Crippen LogP contribution is 2.24. The molecule has 0 bridgehead atoms. The molecule has 1 aromatic rings. The number of rotatable bonds is 7. The van der Waals surface area contributed by atoms with Crippen molar-refractivity contribution in [2.45, 2.75) is 38.1 Å². The Bertz CT molecular complexity index is 569. The minimum atomic E-state index is -0.963. The molecule has 2 rings (SSSR count). The number of carbonyl (C=O) groups excluding carboxylic acids is 1. The van der Waals surface area contributed by atoms with Crippen LogP contribution in [0.5, 0.6) is 0 Å². The van der Waals surface area contributed by atoms with Gasteiger partial charge in [-0.15, -0.1) is 0 Å². The molecule has 0 saturated carbocycles. The van der Waals surface area contributed by atoms with E-state index in [1.807, 2.05) is 0 Å². The number of carboxylic acid groups (broad SMARTS) is 1. The summed E-state index contributed by atoms with van der Waals surface area (Å²) in [6, 6.07) is 6.50. The van der Waals surface area contributed by atoms with Crippen LogP contribution < -0.4 is 5.32 Å². The number of carbonyl (C=O) groups is 2. The summed E-state index contributed by atoms with van der Waals surface area (Å²) in [6.07, 6.45) is 1.30. The standard InChI is InChI=1S/C17H22FNO4/c1-12(6-7-13-4-2-3-5-14(13)18)16(22)19-17(10-15(20)21)8-9-23-11-17/h2-5,12H,6-11H2,1H3,(H,19,22)(H,20,21). The molecule has 1 heterocycles. The summed E-state index contributed by atoms with van der Waals surface area (Å²) < 4.78 is 18.9. The number of hydrogen-bond donors (Lipinski definition) is 2. The molecule has 1 saturated heterocycles. The lowest BCUT2D eigenvalue weighted by Gasteiger charge is -2.28. The quantitative estimate of drug-likeness (QED) is 0.806. The predicted octanol–water partition coefficient (Wildman–Crippen LogP) is 2.14. The largest absolute Gasteiger partial charge is 0.481 e. The number of aliphatic carboxylic acids is 1. The van der Waals surface area contributed by atoms with Gasteiger partial charge >= 0.3 is 5.97 Å². The Labute approximate surface area is 134 Å².